The van der Waals surface area contributed by atoms with Crippen molar-refractivity contribution in [1.82, 2.24) is 0 Å². The highest BCUT2D eigenvalue weighted by molar-refractivity contribution is 7.90. The van der Waals surface area contributed by atoms with Gasteiger partial charge in [-0.1, -0.05) is 20.8 Å². The summed E-state index contributed by atoms with van der Waals surface area (Å²) >= 11 is 0. The Balaban J connectivity index is 4.29. The molecule has 0 saturated carbocycles. The van der Waals surface area contributed by atoms with E-state index < -0.39 is 15.9 Å². The average Bonchev–Trinajstić information content (AvgIpc) is 2.09. The maximum absolute atomic E-state index is 11.0. The van der Waals surface area contributed by atoms with Crippen LogP contribution in [0.15, 0.2) is 0 Å². The van der Waals surface area contributed by atoms with Gasteiger partial charge in [0.25, 0.3) is 0 Å². The van der Waals surface area contributed by atoms with Crippen LogP contribution in [0.5, 0.6) is 0 Å². The zero-order chi connectivity index (χ0) is 13.7. The molecule has 0 aromatic carbocycles. The molecule has 0 heterocycles. The quantitative estimate of drug-likeness (QED) is 0.760. The number of hydrogen-bond donors (Lipinski definition) is 1. The van der Waals surface area contributed by atoms with E-state index in [-0.39, 0.29) is 17.3 Å². The van der Waals surface area contributed by atoms with Crippen LogP contribution < -0.4 is 0 Å². The molecule has 0 saturated heterocycles. The predicted molar refractivity (Wildman–Crippen MR) is 69.8 cm³/mol. The summed E-state index contributed by atoms with van der Waals surface area (Å²) in [7, 11) is -2.95. The summed E-state index contributed by atoms with van der Waals surface area (Å²) in [4.78, 5) is 0. The van der Waals surface area contributed by atoms with Gasteiger partial charge in [-0.15, -0.1) is 0 Å². The highest BCUT2D eigenvalue weighted by atomic mass is 32.2. The van der Waals surface area contributed by atoms with Gasteiger partial charge in [-0.25, -0.2) is 8.42 Å². The van der Waals surface area contributed by atoms with Crippen LogP contribution in [0.2, 0.25) is 0 Å². The monoisotopic (exact) mass is 266 g/mol. The first-order valence-corrected chi connectivity index (χ1v) is 8.11. The summed E-state index contributed by atoms with van der Waals surface area (Å²) in [5.41, 5.74) is -0.152. The van der Waals surface area contributed by atoms with Crippen LogP contribution in [0.4, 0.5) is 0 Å². The third-order valence-corrected chi connectivity index (χ3v) is 3.59. The first-order chi connectivity index (χ1) is 7.58. The van der Waals surface area contributed by atoms with Gasteiger partial charge >= 0.3 is 0 Å². The van der Waals surface area contributed by atoms with E-state index in [2.05, 4.69) is 0 Å². The molecular weight excluding hydrogens is 240 g/mol. The van der Waals surface area contributed by atoms with Gasteiger partial charge in [-0.3, -0.25) is 0 Å². The van der Waals surface area contributed by atoms with Crippen LogP contribution >= 0.6 is 0 Å². The number of sulfone groups is 1. The van der Waals surface area contributed by atoms with Gasteiger partial charge < -0.3 is 9.84 Å². The van der Waals surface area contributed by atoms with Crippen LogP contribution in [-0.4, -0.2) is 44.3 Å². The zero-order valence-corrected chi connectivity index (χ0v) is 12.4. The fourth-order valence-electron chi connectivity index (χ4n) is 1.82. The van der Waals surface area contributed by atoms with Crippen LogP contribution in [0, 0.1) is 5.41 Å². The van der Waals surface area contributed by atoms with Crippen molar-refractivity contribution < 1.29 is 18.3 Å². The average molecular weight is 266 g/mol. The van der Waals surface area contributed by atoms with E-state index in [1.54, 1.807) is 0 Å². The minimum absolute atomic E-state index is 0.118. The summed E-state index contributed by atoms with van der Waals surface area (Å²) in [5, 5.41) is 10.1. The van der Waals surface area contributed by atoms with E-state index in [0.29, 0.717) is 19.4 Å². The minimum atomic E-state index is -2.95. The van der Waals surface area contributed by atoms with Crippen molar-refractivity contribution in [2.75, 3.05) is 18.6 Å². The normalized spacial score (nSPS) is 16.8. The van der Waals surface area contributed by atoms with Crippen molar-refractivity contribution in [3.8, 4) is 0 Å². The maximum atomic E-state index is 11.0. The fraction of sp³-hybridized carbons (Fsp3) is 1.00. The second kappa shape index (κ2) is 6.71. The molecule has 0 radical (unpaired) electrons. The molecule has 0 fully saturated rings. The lowest BCUT2D eigenvalue weighted by atomic mass is 9.84. The third-order valence-electron chi connectivity index (χ3n) is 2.56. The maximum Gasteiger partial charge on any atom is 0.147 e. The largest absolute Gasteiger partial charge is 0.390 e. The number of aliphatic hydroxyl groups excluding tert-OH is 1. The standard InChI is InChI=1S/C12H26O4S/c1-6-16-11(12(2,3)4)10(13)8-7-9-17(5,14)15/h10-11,13H,6-9H2,1-5H3. The topological polar surface area (TPSA) is 63.6 Å². The summed E-state index contributed by atoms with van der Waals surface area (Å²) in [6.45, 7) is 8.46. The molecule has 0 aromatic rings. The molecule has 2 atom stereocenters. The van der Waals surface area contributed by atoms with Crippen molar-refractivity contribution in [3.63, 3.8) is 0 Å². The van der Waals surface area contributed by atoms with Gasteiger partial charge in [0, 0.05) is 18.6 Å². The Hall–Kier alpha value is -0.130. The number of hydrogen-bond acceptors (Lipinski definition) is 4. The number of aliphatic hydroxyl groups is 1. The van der Waals surface area contributed by atoms with Crippen molar-refractivity contribution in [2.24, 2.45) is 5.41 Å². The van der Waals surface area contributed by atoms with Crippen molar-refractivity contribution in [1.29, 1.82) is 0 Å². The minimum Gasteiger partial charge on any atom is -0.390 e. The molecule has 1 N–H and O–H groups in total. The summed E-state index contributed by atoms with van der Waals surface area (Å²) < 4.78 is 27.5. The first kappa shape index (κ1) is 16.9. The molecule has 0 aliphatic carbocycles. The van der Waals surface area contributed by atoms with Crippen molar-refractivity contribution in [3.05, 3.63) is 0 Å². The van der Waals surface area contributed by atoms with Gasteiger partial charge in [0.1, 0.15) is 9.84 Å². The number of rotatable bonds is 7. The molecule has 0 aliphatic heterocycles. The molecular formula is C12H26O4S. The highest BCUT2D eigenvalue weighted by Crippen LogP contribution is 2.26. The molecule has 2 unspecified atom stereocenters. The smallest absolute Gasteiger partial charge is 0.147 e. The Bertz CT molecular complexity index is 303. The summed E-state index contributed by atoms with van der Waals surface area (Å²) in [6, 6.07) is 0. The molecule has 5 heteroatoms. The van der Waals surface area contributed by atoms with Crippen LogP contribution in [0.1, 0.15) is 40.5 Å². The van der Waals surface area contributed by atoms with E-state index in [1.165, 1.54) is 6.26 Å². The first-order valence-electron chi connectivity index (χ1n) is 6.05. The molecule has 4 nitrogen and oxygen atoms in total. The summed E-state index contributed by atoms with van der Waals surface area (Å²) in [6.07, 6.45) is 1.27. The lowest BCUT2D eigenvalue weighted by Crippen LogP contribution is -2.40. The lowest BCUT2D eigenvalue weighted by Gasteiger charge is -2.34. The Morgan fingerprint density at radius 2 is 1.82 bits per heavy atom. The van der Waals surface area contributed by atoms with E-state index in [0.717, 1.165) is 0 Å². The van der Waals surface area contributed by atoms with Crippen molar-refractivity contribution >= 4 is 9.84 Å². The van der Waals surface area contributed by atoms with Crippen LogP contribution in [0.25, 0.3) is 0 Å². The van der Waals surface area contributed by atoms with Gasteiger partial charge in [0.2, 0.25) is 0 Å². The lowest BCUT2D eigenvalue weighted by molar-refractivity contribution is -0.0902. The van der Waals surface area contributed by atoms with Crippen LogP contribution in [-0.2, 0) is 14.6 Å². The molecule has 0 bridgehead atoms. The Morgan fingerprint density at radius 1 is 1.29 bits per heavy atom. The molecule has 0 rings (SSSR count). The second-order valence-corrected chi connectivity index (χ2v) is 7.84. The molecule has 0 spiro atoms. The second-order valence-electron chi connectivity index (χ2n) is 5.58. The Labute approximate surface area is 105 Å². The van der Waals surface area contributed by atoms with Gasteiger partial charge in [-0.05, 0) is 25.2 Å². The van der Waals surface area contributed by atoms with Gasteiger partial charge in [0.05, 0.1) is 12.2 Å². The Kier molecular flexibility index (Phi) is 6.66. The third kappa shape index (κ3) is 7.73. The molecule has 0 aliphatic rings. The van der Waals surface area contributed by atoms with E-state index in [1.807, 2.05) is 27.7 Å². The van der Waals surface area contributed by atoms with E-state index in [4.69, 9.17) is 4.74 Å². The van der Waals surface area contributed by atoms with E-state index >= 15 is 0 Å². The van der Waals surface area contributed by atoms with Gasteiger partial charge in [-0.2, -0.15) is 0 Å². The summed E-state index contributed by atoms with van der Waals surface area (Å²) in [5.74, 6) is 0.118. The van der Waals surface area contributed by atoms with Crippen molar-refractivity contribution in [2.45, 2.75) is 52.7 Å². The highest BCUT2D eigenvalue weighted by Gasteiger charge is 2.31. The Morgan fingerprint density at radius 3 is 2.18 bits per heavy atom. The molecule has 104 valence electrons. The molecule has 17 heavy (non-hydrogen) atoms. The fourth-order valence-corrected chi connectivity index (χ4v) is 2.51. The van der Waals surface area contributed by atoms with Gasteiger partial charge in [0.15, 0.2) is 0 Å². The molecule has 0 amide bonds. The number of ether oxygens (including phenoxy) is 1. The SMILES string of the molecule is CCOC(C(O)CCCS(C)(=O)=O)C(C)(C)C. The van der Waals surface area contributed by atoms with Crippen LogP contribution in [0.3, 0.4) is 0 Å². The molecule has 0 aromatic heterocycles. The van der Waals surface area contributed by atoms with E-state index in [9.17, 15) is 13.5 Å². The zero-order valence-electron chi connectivity index (χ0n) is 11.6. The predicted octanol–water partition coefficient (Wildman–Crippen LogP) is 1.62.